The highest BCUT2D eigenvalue weighted by atomic mass is 15.1. The Morgan fingerprint density at radius 3 is 2.50 bits per heavy atom. The second-order valence-electron chi connectivity index (χ2n) is 5.75. The number of aryl methyl sites for hydroxylation is 1. The average Bonchev–Trinajstić information content (AvgIpc) is 2.60. The molecule has 0 aliphatic rings. The number of aromatic nitrogens is 2. The zero-order valence-electron chi connectivity index (χ0n) is 14.1. The van der Waals surface area contributed by atoms with Crippen LogP contribution in [0.4, 0.5) is 17.5 Å². The normalized spacial score (nSPS) is 10.4. The van der Waals surface area contributed by atoms with Crippen molar-refractivity contribution in [1.29, 1.82) is 0 Å². The molecule has 2 N–H and O–H groups in total. The summed E-state index contributed by atoms with van der Waals surface area (Å²) in [6.07, 6.45) is 1.03. The van der Waals surface area contributed by atoms with Crippen LogP contribution in [0.25, 0.3) is 11.3 Å². The predicted molar refractivity (Wildman–Crippen MR) is 101 cm³/mol. The molecule has 3 aromatic rings. The maximum absolute atomic E-state index is 4.64. The largest absolute Gasteiger partial charge is 0.354 e. The summed E-state index contributed by atoms with van der Waals surface area (Å²) in [5, 5.41) is 6.66. The van der Waals surface area contributed by atoms with Gasteiger partial charge in [-0.2, -0.15) is 4.98 Å². The number of hydrogen-bond donors (Lipinski definition) is 2. The maximum atomic E-state index is 4.64. The third-order valence-electron chi connectivity index (χ3n) is 3.62. The van der Waals surface area contributed by atoms with Crippen LogP contribution in [0.3, 0.4) is 0 Å². The van der Waals surface area contributed by atoms with Gasteiger partial charge in [0.15, 0.2) is 0 Å². The number of nitrogens with zero attached hydrogens (tertiary/aromatic N) is 2. The van der Waals surface area contributed by atoms with Gasteiger partial charge in [0.05, 0.1) is 5.69 Å². The second-order valence-corrected chi connectivity index (χ2v) is 5.75. The fourth-order valence-corrected chi connectivity index (χ4v) is 2.45. The van der Waals surface area contributed by atoms with Crippen LogP contribution in [0, 0.1) is 6.92 Å². The number of rotatable bonds is 6. The second kappa shape index (κ2) is 7.59. The lowest BCUT2D eigenvalue weighted by atomic mass is 10.1. The van der Waals surface area contributed by atoms with Crippen molar-refractivity contribution in [3.8, 4) is 11.3 Å². The van der Waals surface area contributed by atoms with Crippen LogP contribution in [0.5, 0.6) is 0 Å². The number of anilines is 3. The summed E-state index contributed by atoms with van der Waals surface area (Å²) in [7, 11) is 0. The number of hydrogen-bond acceptors (Lipinski definition) is 4. The fraction of sp³-hybridized carbons (Fsp3) is 0.200. The van der Waals surface area contributed by atoms with E-state index in [0.717, 1.165) is 35.7 Å². The summed E-state index contributed by atoms with van der Waals surface area (Å²) in [6.45, 7) is 5.05. The van der Waals surface area contributed by atoms with Gasteiger partial charge in [-0.05, 0) is 31.0 Å². The van der Waals surface area contributed by atoms with E-state index in [1.54, 1.807) is 0 Å². The molecular formula is C20H22N4. The van der Waals surface area contributed by atoms with Crippen molar-refractivity contribution in [2.75, 3.05) is 17.2 Å². The van der Waals surface area contributed by atoms with Crippen LogP contribution in [-0.2, 0) is 0 Å². The molecule has 1 aromatic heterocycles. The monoisotopic (exact) mass is 318 g/mol. The van der Waals surface area contributed by atoms with Crippen LogP contribution in [0.1, 0.15) is 18.9 Å². The summed E-state index contributed by atoms with van der Waals surface area (Å²) in [4.78, 5) is 9.23. The van der Waals surface area contributed by atoms with Crippen molar-refractivity contribution in [3.05, 3.63) is 66.2 Å². The van der Waals surface area contributed by atoms with Gasteiger partial charge in [0.1, 0.15) is 5.82 Å². The highest BCUT2D eigenvalue weighted by Gasteiger charge is 2.07. The average molecular weight is 318 g/mol. The van der Waals surface area contributed by atoms with Crippen molar-refractivity contribution < 1.29 is 0 Å². The Morgan fingerprint density at radius 1 is 0.917 bits per heavy atom. The molecule has 2 aromatic carbocycles. The molecule has 0 atom stereocenters. The Morgan fingerprint density at radius 2 is 1.75 bits per heavy atom. The molecule has 4 heteroatoms. The van der Waals surface area contributed by atoms with E-state index in [2.05, 4.69) is 58.7 Å². The summed E-state index contributed by atoms with van der Waals surface area (Å²) in [5.41, 5.74) is 4.21. The molecule has 0 saturated heterocycles. The summed E-state index contributed by atoms with van der Waals surface area (Å²) in [6, 6.07) is 20.4. The first-order valence-corrected chi connectivity index (χ1v) is 8.26. The van der Waals surface area contributed by atoms with Gasteiger partial charge in [-0.3, -0.25) is 0 Å². The van der Waals surface area contributed by atoms with E-state index in [1.807, 2.05) is 36.4 Å². The highest BCUT2D eigenvalue weighted by molar-refractivity contribution is 5.67. The molecule has 3 rings (SSSR count). The molecule has 0 amide bonds. The molecule has 0 fully saturated rings. The SMILES string of the molecule is CCCNc1nc(Nc2cccc(C)c2)cc(-c2ccccc2)n1. The molecule has 0 bridgehead atoms. The Hall–Kier alpha value is -2.88. The molecule has 0 spiro atoms. The van der Waals surface area contributed by atoms with Gasteiger partial charge in [-0.1, -0.05) is 49.4 Å². The van der Waals surface area contributed by atoms with Crippen LogP contribution in [0.15, 0.2) is 60.7 Å². The van der Waals surface area contributed by atoms with E-state index >= 15 is 0 Å². The molecule has 0 radical (unpaired) electrons. The van der Waals surface area contributed by atoms with Gasteiger partial charge in [0, 0.05) is 23.9 Å². The number of benzene rings is 2. The van der Waals surface area contributed by atoms with Gasteiger partial charge >= 0.3 is 0 Å². The Labute approximate surface area is 143 Å². The van der Waals surface area contributed by atoms with Gasteiger partial charge < -0.3 is 10.6 Å². The Bertz CT molecular complexity index is 800. The summed E-state index contributed by atoms with van der Waals surface area (Å²) >= 11 is 0. The lowest BCUT2D eigenvalue weighted by Gasteiger charge is -2.11. The molecule has 0 aliphatic heterocycles. The van der Waals surface area contributed by atoms with Gasteiger partial charge in [-0.25, -0.2) is 4.98 Å². The minimum Gasteiger partial charge on any atom is -0.354 e. The van der Waals surface area contributed by atoms with Crippen molar-refractivity contribution in [1.82, 2.24) is 9.97 Å². The van der Waals surface area contributed by atoms with Crippen LogP contribution in [0.2, 0.25) is 0 Å². The van der Waals surface area contributed by atoms with Gasteiger partial charge in [-0.15, -0.1) is 0 Å². The molecule has 0 saturated carbocycles. The molecule has 0 unspecified atom stereocenters. The predicted octanol–water partition coefficient (Wildman–Crippen LogP) is 5.02. The molecular weight excluding hydrogens is 296 g/mol. The standard InChI is InChI=1S/C20H22N4/c1-3-12-21-20-23-18(16-9-5-4-6-10-16)14-19(24-20)22-17-11-7-8-15(2)13-17/h4-11,13-14H,3,12H2,1-2H3,(H2,21,22,23,24). The van der Waals surface area contributed by atoms with E-state index < -0.39 is 0 Å². The first kappa shape index (κ1) is 16.0. The van der Waals surface area contributed by atoms with Crippen molar-refractivity contribution >= 4 is 17.5 Å². The molecule has 4 nitrogen and oxygen atoms in total. The quantitative estimate of drug-likeness (QED) is 0.670. The van der Waals surface area contributed by atoms with E-state index in [-0.39, 0.29) is 0 Å². The third-order valence-corrected chi connectivity index (χ3v) is 3.62. The van der Waals surface area contributed by atoms with Crippen molar-refractivity contribution in [3.63, 3.8) is 0 Å². The fourth-order valence-electron chi connectivity index (χ4n) is 2.45. The highest BCUT2D eigenvalue weighted by Crippen LogP contribution is 2.23. The maximum Gasteiger partial charge on any atom is 0.225 e. The van der Waals surface area contributed by atoms with Gasteiger partial charge in [0.2, 0.25) is 5.95 Å². The lowest BCUT2D eigenvalue weighted by Crippen LogP contribution is -2.07. The van der Waals surface area contributed by atoms with Crippen LogP contribution in [-0.4, -0.2) is 16.5 Å². The zero-order valence-corrected chi connectivity index (χ0v) is 14.1. The molecule has 1 heterocycles. The molecule has 24 heavy (non-hydrogen) atoms. The Balaban J connectivity index is 1.95. The van der Waals surface area contributed by atoms with Crippen LogP contribution < -0.4 is 10.6 Å². The first-order valence-electron chi connectivity index (χ1n) is 8.26. The molecule has 0 aliphatic carbocycles. The molecule has 122 valence electrons. The zero-order chi connectivity index (χ0) is 16.8. The van der Waals surface area contributed by atoms with E-state index in [4.69, 9.17) is 0 Å². The van der Waals surface area contributed by atoms with Crippen molar-refractivity contribution in [2.45, 2.75) is 20.3 Å². The topological polar surface area (TPSA) is 49.8 Å². The van der Waals surface area contributed by atoms with E-state index in [9.17, 15) is 0 Å². The minimum absolute atomic E-state index is 0.647. The lowest BCUT2D eigenvalue weighted by molar-refractivity contribution is 0.954. The summed E-state index contributed by atoms with van der Waals surface area (Å²) < 4.78 is 0. The first-order chi connectivity index (χ1) is 11.7. The van der Waals surface area contributed by atoms with Crippen molar-refractivity contribution in [2.24, 2.45) is 0 Å². The Kier molecular flexibility index (Phi) is 5.06. The third kappa shape index (κ3) is 4.10. The van der Waals surface area contributed by atoms with Crippen LogP contribution >= 0.6 is 0 Å². The van der Waals surface area contributed by atoms with E-state index in [1.165, 1.54) is 5.56 Å². The smallest absolute Gasteiger partial charge is 0.225 e. The van der Waals surface area contributed by atoms with Gasteiger partial charge in [0.25, 0.3) is 0 Å². The summed E-state index contributed by atoms with van der Waals surface area (Å²) in [5.74, 6) is 1.43. The van der Waals surface area contributed by atoms with E-state index in [0.29, 0.717) is 5.95 Å². The minimum atomic E-state index is 0.647. The number of nitrogens with one attached hydrogen (secondary N) is 2.